The molecule has 2 N–H and O–H groups in total. The first-order valence-electron chi connectivity index (χ1n) is 10.4. The van der Waals surface area contributed by atoms with Crippen LogP contribution in [0.2, 0.25) is 0 Å². The largest absolute Gasteiger partial charge is 0.497 e. The van der Waals surface area contributed by atoms with Crippen molar-refractivity contribution in [3.63, 3.8) is 0 Å². The molecule has 1 aromatic carbocycles. The predicted octanol–water partition coefficient (Wildman–Crippen LogP) is 1.75. The highest BCUT2D eigenvalue weighted by Crippen LogP contribution is 2.22. The molecule has 3 aromatic rings. The van der Waals surface area contributed by atoms with E-state index in [1.807, 2.05) is 43.7 Å². The van der Waals surface area contributed by atoms with Crippen molar-refractivity contribution >= 4 is 5.96 Å². The van der Waals surface area contributed by atoms with E-state index < -0.39 is 0 Å². The molecule has 164 valence electrons. The molecule has 1 atom stereocenters. The van der Waals surface area contributed by atoms with E-state index in [1.165, 1.54) is 0 Å². The monoisotopic (exact) mass is 424 g/mol. The fourth-order valence-electron chi connectivity index (χ4n) is 3.46. The zero-order chi connectivity index (χ0) is 21.6. The highest BCUT2D eigenvalue weighted by Gasteiger charge is 2.25. The van der Waals surface area contributed by atoms with Gasteiger partial charge in [-0.25, -0.2) is 9.98 Å². The lowest BCUT2D eigenvalue weighted by molar-refractivity contribution is -0.00805. The van der Waals surface area contributed by atoms with Crippen molar-refractivity contribution < 1.29 is 9.47 Å². The average Bonchev–Trinajstić information content (AvgIpc) is 3.46. The quantitative estimate of drug-likeness (QED) is 0.459. The van der Waals surface area contributed by atoms with Crippen molar-refractivity contribution in [2.45, 2.75) is 19.6 Å². The van der Waals surface area contributed by atoms with Gasteiger partial charge in [0.25, 0.3) is 0 Å². The Balaban J connectivity index is 1.44. The van der Waals surface area contributed by atoms with Crippen LogP contribution in [-0.2, 0) is 18.3 Å². The number of nitrogens with zero attached hydrogens (tertiary/aromatic N) is 6. The number of aryl methyl sites for hydroxylation is 1. The number of aromatic nitrogens is 5. The maximum absolute atomic E-state index is 5.95. The predicted molar refractivity (Wildman–Crippen MR) is 117 cm³/mol. The maximum atomic E-state index is 5.95. The molecule has 0 amide bonds. The zero-order valence-electron chi connectivity index (χ0n) is 18.1. The summed E-state index contributed by atoms with van der Waals surface area (Å²) in [6, 6.07) is 7.66. The Morgan fingerprint density at radius 3 is 2.90 bits per heavy atom. The van der Waals surface area contributed by atoms with E-state index in [0.717, 1.165) is 35.9 Å². The molecule has 0 aliphatic carbocycles. The summed E-state index contributed by atoms with van der Waals surface area (Å²) in [7, 11) is 3.56. The molecule has 1 aliphatic rings. The second-order valence-corrected chi connectivity index (χ2v) is 7.26. The number of H-pyrrole nitrogens is 1. The van der Waals surface area contributed by atoms with Gasteiger partial charge in [-0.15, -0.1) is 0 Å². The highest BCUT2D eigenvalue weighted by molar-refractivity contribution is 5.80. The number of rotatable bonds is 6. The van der Waals surface area contributed by atoms with E-state index in [-0.39, 0.29) is 6.10 Å². The third-order valence-electron chi connectivity index (χ3n) is 5.06. The fourth-order valence-corrected chi connectivity index (χ4v) is 3.46. The lowest BCUT2D eigenvalue weighted by atomic mass is 10.1. The Morgan fingerprint density at radius 1 is 1.35 bits per heavy atom. The van der Waals surface area contributed by atoms with Crippen LogP contribution in [0.4, 0.5) is 0 Å². The number of morpholine rings is 1. The van der Waals surface area contributed by atoms with Crippen molar-refractivity contribution in [2.75, 3.05) is 33.4 Å². The Kier molecular flexibility index (Phi) is 6.46. The van der Waals surface area contributed by atoms with Crippen molar-refractivity contribution in [1.82, 2.24) is 35.2 Å². The van der Waals surface area contributed by atoms with Crippen molar-refractivity contribution in [1.29, 1.82) is 0 Å². The van der Waals surface area contributed by atoms with Gasteiger partial charge in [0, 0.05) is 37.5 Å². The molecule has 1 fully saturated rings. The van der Waals surface area contributed by atoms with Gasteiger partial charge in [0.15, 0.2) is 11.8 Å². The molecule has 3 heterocycles. The normalized spacial score (nSPS) is 17.1. The standard InChI is InChI=1S/C21H28N8O2/c1-4-22-21(29-9-10-31-18(14-29)16-11-24-28(2)13-16)23-12-19-25-20(27-26-19)15-5-7-17(30-3)8-6-15/h5-8,11,13,18H,4,9-10,12,14H2,1-3H3,(H,22,23)(H,25,26,27). The lowest BCUT2D eigenvalue weighted by Gasteiger charge is -2.34. The molecular weight excluding hydrogens is 396 g/mol. The first-order chi connectivity index (χ1) is 15.2. The number of nitrogens with one attached hydrogen (secondary N) is 2. The Labute approximate surface area is 181 Å². The van der Waals surface area contributed by atoms with E-state index >= 15 is 0 Å². The van der Waals surface area contributed by atoms with E-state index in [0.29, 0.717) is 31.3 Å². The van der Waals surface area contributed by atoms with Gasteiger partial charge in [0.05, 0.1) is 26.5 Å². The molecule has 10 heteroatoms. The summed E-state index contributed by atoms with van der Waals surface area (Å²) in [5, 5.41) is 14.9. The molecule has 1 aliphatic heterocycles. The Morgan fingerprint density at radius 2 is 2.19 bits per heavy atom. The molecule has 0 spiro atoms. The summed E-state index contributed by atoms with van der Waals surface area (Å²) in [5.41, 5.74) is 1.99. The van der Waals surface area contributed by atoms with Crippen molar-refractivity contribution in [3.05, 3.63) is 48.0 Å². The van der Waals surface area contributed by atoms with Crippen LogP contribution >= 0.6 is 0 Å². The van der Waals surface area contributed by atoms with Crippen LogP contribution in [0, 0.1) is 0 Å². The van der Waals surface area contributed by atoms with Crippen molar-refractivity contribution in [2.24, 2.45) is 12.0 Å². The highest BCUT2D eigenvalue weighted by atomic mass is 16.5. The van der Waals surface area contributed by atoms with Crippen LogP contribution in [0.3, 0.4) is 0 Å². The minimum absolute atomic E-state index is 0.0294. The number of aromatic amines is 1. The SMILES string of the molecule is CCNC(=NCc1nc(-c2ccc(OC)cc2)n[nH]1)N1CCOC(c2cnn(C)c2)C1. The van der Waals surface area contributed by atoms with Crippen LogP contribution in [0.15, 0.2) is 41.7 Å². The van der Waals surface area contributed by atoms with Crippen LogP contribution < -0.4 is 10.1 Å². The van der Waals surface area contributed by atoms with Crippen molar-refractivity contribution in [3.8, 4) is 17.1 Å². The third-order valence-corrected chi connectivity index (χ3v) is 5.06. The first-order valence-corrected chi connectivity index (χ1v) is 10.4. The molecule has 4 rings (SSSR count). The number of hydrogen-bond donors (Lipinski definition) is 2. The fraction of sp³-hybridized carbons (Fsp3) is 0.429. The van der Waals surface area contributed by atoms with E-state index in [9.17, 15) is 0 Å². The first kappa shape index (κ1) is 20.9. The number of ether oxygens (including phenoxy) is 2. The van der Waals surface area contributed by atoms with Crippen LogP contribution in [0.5, 0.6) is 5.75 Å². The third kappa shape index (κ3) is 5.02. The molecule has 31 heavy (non-hydrogen) atoms. The molecule has 0 saturated carbocycles. The van der Waals surface area contributed by atoms with Gasteiger partial charge in [-0.05, 0) is 31.2 Å². The summed E-state index contributed by atoms with van der Waals surface area (Å²) in [6.45, 7) is 5.36. The second kappa shape index (κ2) is 9.61. The smallest absolute Gasteiger partial charge is 0.194 e. The van der Waals surface area contributed by atoms with Crippen LogP contribution in [-0.4, -0.2) is 69.2 Å². The van der Waals surface area contributed by atoms with Crippen LogP contribution in [0.1, 0.15) is 24.4 Å². The molecule has 1 unspecified atom stereocenters. The Hall–Kier alpha value is -3.40. The minimum Gasteiger partial charge on any atom is -0.497 e. The summed E-state index contributed by atoms with van der Waals surface area (Å²) < 4.78 is 12.9. The van der Waals surface area contributed by atoms with Gasteiger partial charge in [-0.1, -0.05) is 0 Å². The number of aliphatic imine (C=N–C) groups is 1. The summed E-state index contributed by atoms with van der Waals surface area (Å²) in [4.78, 5) is 11.6. The molecule has 0 radical (unpaired) electrons. The van der Waals surface area contributed by atoms with Gasteiger partial charge >= 0.3 is 0 Å². The topological polar surface area (TPSA) is 105 Å². The summed E-state index contributed by atoms with van der Waals surface area (Å²) in [6.07, 6.45) is 3.82. The maximum Gasteiger partial charge on any atom is 0.194 e. The number of guanidine groups is 1. The van der Waals surface area contributed by atoms with E-state index in [1.54, 1.807) is 11.8 Å². The van der Waals surface area contributed by atoms with E-state index in [4.69, 9.17) is 14.5 Å². The van der Waals surface area contributed by atoms with E-state index in [2.05, 4.69) is 37.4 Å². The summed E-state index contributed by atoms with van der Waals surface area (Å²) >= 11 is 0. The molecule has 1 saturated heterocycles. The van der Waals surface area contributed by atoms with Gasteiger partial charge in [-0.3, -0.25) is 9.78 Å². The minimum atomic E-state index is -0.0294. The average molecular weight is 425 g/mol. The molecule has 10 nitrogen and oxygen atoms in total. The number of hydrogen-bond acceptors (Lipinski definition) is 6. The molecule has 2 aromatic heterocycles. The number of benzene rings is 1. The molecule has 0 bridgehead atoms. The van der Waals surface area contributed by atoms with Gasteiger partial charge in [0.1, 0.15) is 24.2 Å². The van der Waals surface area contributed by atoms with Gasteiger partial charge in [0.2, 0.25) is 0 Å². The second-order valence-electron chi connectivity index (χ2n) is 7.26. The summed E-state index contributed by atoms with van der Waals surface area (Å²) in [5.74, 6) is 2.98. The lowest BCUT2D eigenvalue weighted by Crippen LogP contribution is -2.48. The molecular formula is C21H28N8O2. The van der Waals surface area contributed by atoms with Gasteiger partial charge in [-0.2, -0.15) is 10.2 Å². The Bertz CT molecular complexity index is 1010. The zero-order valence-corrected chi connectivity index (χ0v) is 18.1. The number of methoxy groups -OCH3 is 1. The van der Waals surface area contributed by atoms with Crippen LogP contribution in [0.25, 0.3) is 11.4 Å². The van der Waals surface area contributed by atoms with Gasteiger partial charge < -0.3 is 19.7 Å².